The number of hydrogen-bond donors (Lipinski definition) is 0. The first-order valence-corrected chi connectivity index (χ1v) is 6.20. The number of esters is 1. The number of ether oxygens (including phenoxy) is 1. The summed E-state index contributed by atoms with van der Waals surface area (Å²) in [6, 6.07) is 0. The Morgan fingerprint density at radius 2 is 1.72 bits per heavy atom. The number of allylic oxidation sites excluding steroid dienone is 1. The number of hydrogen-bond acceptors (Lipinski definition) is 4. The van der Waals surface area contributed by atoms with Crippen molar-refractivity contribution in [3.05, 3.63) is 11.8 Å². The summed E-state index contributed by atoms with van der Waals surface area (Å²) in [6.45, 7) is 3.88. The van der Waals surface area contributed by atoms with Crippen molar-refractivity contribution in [3.63, 3.8) is 0 Å². The van der Waals surface area contributed by atoms with Gasteiger partial charge in [-0.25, -0.2) is 4.79 Å². The summed E-state index contributed by atoms with van der Waals surface area (Å²) >= 11 is 0. The minimum absolute atomic E-state index is 0. The fourth-order valence-electron chi connectivity index (χ4n) is 1.38. The molecule has 0 aliphatic rings. The number of carbonyl (C=O) groups excluding carboxylic acids is 2. The van der Waals surface area contributed by atoms with Crippen molar-refractivity contribution < 1.29 is 49.0 Å². The Balaban J connectivity index is 0. The second kappa shape index (κ2) is 13.1. The molecule has 0 N–H and O–H groups in total. The van der Waals surface area contributed by atoms with Gasteiger partial charge < -0.3 is 9.84 Å². The largest absolute Gasteiger partial charge is 1.00 e. The van der Waals surface area contributed by atoms with Crippen LogP contribution in [0.25, 0.3) is 0 Å². The van der Waals surface area contributed by atoms with Crippen LogP contribution in [0.3, 0.4) is 0 Å². The molecule has 0 rings (SSSR count). The molecule has 0 atom stereocenters. The molecule has 0 bridgehead atoms. The third kappa shape index (κ3) is 10.8. The molecule has 4 nitrogen and oxygen atoms in total. The van der Waals surface area contributed by atoms with Gasteiger partial charge in [0.25, 0.3) is 0 Å². The minimum Gasteiger partial charge on any atom is -0.868 e. The summed E-state index contributed by atoms with van der Waals surface area (Å²) in [4.78, 5) is 22.2. The molecule has 0 unspecified atom stereocenters. The topological polar surface area (TPSA) is 66.4 Å². The number of unbranched alkanes of at least 4 members (excludes halogenated alkanes) is 4. The van der Waals surface area contributed by atoms with E-state index in [4.69, 9.17) is 0 Å². The van der Waals surface area contributed by atoms with Crippen LogP contribution in [0.4, 0.5) is 0 Å². The van der Waals surface area contributed by atoms with E-state index in [1.54, 1.807) is 6.92 Å². The summed E-state index contributed by atoms with van der Waals surface area (Å²) in [5, 5.41) is 11.1. The molecule has 5 heteroatoms. The molecule has 0 aromatic rings. The van der Waals surface area contributed by atoms with Gasteiger partial charge in [0.05, 0.1) is 6.61 Å². The summed E-state index contributed by atoms with van der Waals surface area (Å²) in [6.07, 6.45) is 6.36. The van der Waals surface area contributed by atoms with Gasteiger partial charge in [-0.3, -0.25) is 4.79 Å². The Labute approximate surface area is 131 Å². The van der Waals surface area contributed by atoms with E-state index in [-0.39, 0.29) is 41.9 Å². The first kappa shape index (κ1) is 20.0. The van der Waals surface area contributed by atoms with E-state index >= 15 is 0 Å². The van der Waals surface area contributed by atoms with Crippen molar-refractivity contribution >= 4 is 11.8 Å². The molecule has 98 valence electrons. The molecule has 0 spiro atoms. The maximum atomic E-state index is 11.3. The fourth-order valence-corrected chi connectivity index (χ4v) is 1.38. The normalized spacial score (nSPS) is 10.7. The van der Waals surface area contributed by atoms with Gasteiger partial charge in [0.15, 0.2) is 5.78 Å². The Hall–Kier alpha value is -0.320. The molecule has 0 aromatic heterocycles. The molecule has 0 amide bonds. The number of carbonyl (C=O) groups is 2. The first-order valence-electron chi connectivity index (χ1n) is 6.20. The number of rotatable bonds is 9. The van der Waals surface area contributed by atoms with Gasteiger partial charge in [0, 0.05) is 6.42 Å². The second-order valence-corrected chi connectivity index (χ2v) is 3.86. The third-order valence-corrected chi connectivity index (χ3v) is 2.30. The van der Waals surface area contributed by atoms with Gasteiger partial charge in [-0.05, 0) is 25.2 Å². The maximum absolute atomic E-state index is 11.3. The second-order valence-electron chi connectivity index (χ2n) is 3.86. The minimum atomic E-state index is -0.952. The van der Waals surface area contributed by atoms with Gasteiger partial charge in [-0.15, -0.1) is 0 Å². The van der Waals surface area contributed by atoms with E-state index in [9.17, 15) is 14.7 Å². The van der Waals surface area contributed by atoms with Crippen LogP contribution in [0.15, 0.2) is 11.8 Å². The Bertz CT molecular complexity index is 274. The number of ketones is 1. The van der Waals surface area contributed by atoms with Crippen LogP contribution in [0.1, 0.15) is 52.4 Å². The van der Waals surface area contributed by atoms with E-state index in [1.165, 1.54) is 6.42 Å². The Morgan fingerprint density at radius 3 is 2.28 bits per heavy atom. The van der Waals surface area contributed by atoms with Gasteiger partial charge in [-0.1, -0.05) is 32.6 Å². The summed E-state index contributed by atoms with van der Waals surface area (Å²) in [5.41, 5.74) is 0. The molecule has 0 saturated heterocycles. The molecule has 0 saturated carbocycles. The zero-order valence-corrected chi connectivity index (χ0v) is 13.7. The van der Waals surface area contributed by atoms with Crippen molar-refractivity contribution in [2.75, 3.05) is 6.61 Å². The maximum Gasteiger partial charge on any atom is 1.00 e. The van der Waals surface area contributed by atoms with Crippen LogP contribution in [0.5, 0.6) is 0 Å². The zero-order chi connectivity index (χ0) is 13.1. The average Bonchev–Trinajstić information content (AvgIpc) is 2.29. The summed E-state index contributed by atoms with van der Waals surface area (Å²) < 4.78 is 4.49. The van der Waals surface area contributed by atoms with Crippen LogP contribution in [0.2, 0.25) is 0 Å². The van der Waals surface area contributed by atoms with Gasteiger partial charge >= 0.3 is 35.5 Å². The Kier molecular flexibility index (Phi) is 14.6. The molecule has 0 aliphatic carbocycles. The van der Waals surface area contributed by atoms with Gasteiger partial charge in [-0.2, -0.15) is 0 Å². The predicted molar refractivity (Wildman–Crippen MR) is 63.1 cm³/mol. The molecular weight excluding hydrogens is 243 g/mol. The molecule has 0 heterocycles. The predicted octanol–water partition coefficient (Wildman–Crippen LogP) is -1.27. The van der Waals surface area contributed by atoms with E-state index in [0.717, 1.165) is 31.8 Å². The van der Waals surface area contributed by atoms with Crippen LogP contribution in [0, 0.1) is 0 Å². The molecular formula is C13H21NaO4. The fraction of sp³-hybridized carbons (Fsp3) is 0.692. The molecule has 0 fully saturated rings. The third-order valence-electron chi connectivity index (χ3n) is 2.30. The quantitative estimate of drug-likeness (QED) is 0.171. The van der Waals surface area contributed by atoms with Gasteiger partial charge in [0.2, 0.25) is 0 Å². The molecule has 18 heavy (non-hydrogen) atoms. The molecule has 0 aliphatic heterocycles. The van der Waals surface area contributed by atoms with Crippen molar-refractivity contribution in [2.45, 2.75) is 52.4 Å². The van der Waals surface area contributed by atoms with Crippen molar-refractivity contribution in [1.29, 1.82) is 0 Å². The van der Waals surface area contributed by atoms with E-state index in [2.05, 4.69) is 11.7 Å². The summed E-state index contributed by atoms with van der Waals surface area (Å²) in [7, 11) is 0. The average molecular weight is 264 g/mol. The van der Waals surface area contributed by atoms with E-state index in [0.29, 0.717) is 6.42 Å². The van der Waals surface area contributed by atoms with Crippen molar-refractivity contribution in [1.82, 2.24) is 0 Å². The van der Waals surface area contributed by atoms with Crippen molar-refractivity contribution in [2.24, 2.45) is 0 Å². The van der Waals surface area contributed by atoms with E-state index < -0.39 is 11.7 Å². The smallest absolute Gasteiger partial charge is 0.868 e. The van der Waals surface area contributed by atoms with Gasteiger partial charge in [0.1, 0.15) is 0 Å². The van der Waals surface area contributed by atoms with Crippen molar-refractivity contribution in [3.8, 4) is 0 Å². The van der Waals surface area contributed by atoms with Crippen LogP contribution >= 0.6 is 0 Å². The zero-order valence-electron chi connectivity index (χ0n) is 11.7. The Morgan fingerprint density at radius 1 is 1.11 bits per heavy atom. The standard InChI is InChI=1S/C13H22O4.Na/c1-3-5-6-7-8-9-11(14)10-12(15)13(16)17-4-2;/h10,15H,3-9H2,1-2H3;/q;+1/p-1. The van der Waals surface area contributed by atoms with E-state index in [1.807, 2.05) is 0 Å². The van der Waals surface area contributed by atoms with Crippen LogP contribution in [-0.4, -0.2) is 18.4 Å². The molecule has 0 radical (unpaired) electrons. The SMILES string of the molecule is CCCCCCCC(=O)C=C([O-])C(=O)OCC.[Na+]. The monoisotopic (exact) mass is 264 g/mol. The van der Waals surface area contributed by atoms with Crippen LogP contribution < -0.4 is 34.7 Å². The van der Waals surface area contributed by atoms with Crippen LogP contribution in [-0.2, 0) is 14.3 Å². The summed E-state index contributed by atoms with van der Waals surface area (Å²) in [5.74, 6) is -2.10. The molecule has 0 aromatic carbocycles. The first-order chi connectivity index (χ1) is 8.11.